The number of anilines is 1. The van der Waals surface area contributed by atoms with Crippen LogP contribution >= 0.6 is 0 Å². The van der Waals surface area contributed by atoms with Gasteiger partial charge < -0.3 is 5.32 Å². The van der Waals surface area contributed by atoms with E-state index in [1.807, 2.05) is 19.1 Å². The van der Waals surface area contributed by atoms with Crippen LogP contribution in [0.25, 0.3) is 11.1 Å². The zero-order valence-corrected chi connectivity index (χ0v) is 17.4. The maximum absolute atomic E-state index is 12.5. The van der Waals surface area contributed by atoms with Crippen molar-refractivity contribution in [3.05, 3.63) is 83.4 Å². The number of hydrogen-bond acceptors (Lipinski definition) is 4. The van der Waals surface area contributed by atoms with Crippen LogP contribution < -0.4 is 5.32 Å². The maximum Gasteiger partial charge on any atom is 0.295 e. The van der Waals surface area contributed by atoms with Crippen molar-refractivity contribution in [1.29, 1.82) is 0 Å². The van der Waals surface area contributed by atoms with Gasteiger partial charge in [-0.25, -0.2) is 0 Å². The summed E-state index contributed by atoms with van der Waals surface area (Å²) in [6.07, 6.45) is 0.851. The van der Waals surface area contributed by atoms with Crippen molar-refractivity contribution in [2.24, 2.45) is 0 Å². The average molecular weight is 423 g/mol. The molecule has 3 rings (SSSR count). The molecule has 0 aliphatic heterocycles. The second-order valence-corrected chi connectivity index (χ2v) is 8.21. The molecule has 0 atom stereocenters. The first-order valence-corrected chi connectivity index (χ1v) is 10.8. The van der Waals surface area contributed by atoms with Crippen molar-refractivity contribution < 1.29 is 22.6 Å². The lowest BCUT2D eigenvalue weighted by Gasteiger charge is -2.12. The van der Waals surface area contributed by atoms with Gasteiger partial charge in [0.15, 0.2) is 5.78 Å². The lowest BCUT2D eigenvalue weighted by atomic mass is 10.0. The predicted octanol–water partition coefficient (Wildman–Crippen LogP) is 4.62. The Balaban J connectivity index is 1.92. The van der Waals surface area contributed by atoms with Gasteiger partial charge in [0.25, 0.3) is 16.0 Å². The van der Waals surface area contributed by atoms with Crippen molar-refractivity contribution in [1.82, 2.24) is 0 Å². The van der Waals surface area contributed by atoms with Crippen molar-refractivity contribution in [2.45, 2.75) is 25.2 Å². The molecular formula is C23H21NO5S. The van der Waals surface area contributed by atoms with Gasteiger partial charge in [-0.3, -0.25) is 14.1 Å². The number of Topliss-reactive ketones (excluding diaryl/α,β-unsaturated/α-hetero) is 1. The van der Waals surface area contributed by atoms with Crippen LogP contribution in [0.5, 0.6) is 0 Å². The molecule has 0 aliphatic rings. The van der Waals surface area contributed by atoms with Gasteiger partial charge in [-0.15, -0.1) is 0 Å². The molecule has 0 heterocycles. The summed E-state index contributed by atoms with van der Waals surface area (Å²) in [5.74, 6) is -0.575. The van der Waals surface area contributed by atoms with E-state index in [2.05, 4.69) is 5.32 Å². The van der Waals surface area contributed by atoms with Crippen molar-refractivity contribution >= 4 is 27.5 Å². The summed E-state index contributed by atoms with van der Waals surface area (Å²) in [5, 5.41) is 2.62. The van der Waals surface area contributed by atoms with Gasteiger partial charge >= 0.3 is 0 Å². The molecule has 7 heteroatoms. The summed E-state index contributed by atoms with van der Waals surface area (Å²) < 4.78 is 33.7. The van der Waals surface area contributed by atoms with E-state index >= 15 is 0 Å². The molecule has 3 aromatic rings. The first kappa shape index (κ1) is 21.4. The van der Waals surface area contributed by atoms with E-state index in [9.17, 15) is 22.6 Å². The summed E-state index contributed by atoms with van der Waals surface area (Å²) in [7, 11) is -4.52. The molecule has 0 bridgehead atoms. The van der Waals surface area contributed by atoms with Gasteiger partial charge in [-0.05, 0) is 48.7 Å². The molecule has 2 N–H and O–H groups in total. The highest BCUT2D eigenvalue weighted by molar-refractivity contribution is 7.86. The van der Waals surface area contributed by atoms with E-state index < -0.39 is 16.0 Å². The van der Waals surface area contributed by atoms with E-state index in [1.54, 1.807) is 36.4 Å². The lowest BCUT2D eigenvalue weighted by Crippen LogP contribution is -2.13. The fourth-order valence-electron chi connectivity index (χ4n) is 3.03. The normalized spacial score (nSPS) is 11.2. The number of hydrogen-bond donors (Lipinski definition) is 2. The number of benzene rings is 3. The van der Waals surface area contributed by atoms with Crippen LogP contribution in [-0.2, 0) is 16.5 Å². The van der Waals surface area contributed by atoms with Gasteiger partial charge in [-0.2, -0.15) is 8.42 Å². The molecule has 30 heavy (non-hydrogen) atoms. The fourth-order valence-corrected chi connectivity index (χ4v) is 3.77. The maximum atomic E-state index is 12.5. The van der Waals surface area contributed by atoms with Gasteiger partial charge in [0.2, 0.25) is 0 Å². The van der Waals surface area contributed by atoms with Crippen LogP contribution in [0.3, 0.4) is 0 Å². The van der Waals surface area contributed by atoms with E-state index in [4.69, 9.17) is 0 Å². The zero-order chi connectivity index (χ0) is 21.9. The van der Waals surface area contributed by atoms with E-state index in [-0.39, 0.29) is 16.4 Å². The first-order valence-electron chi connectivity index (χ1n) is 9.32. The zero-order valence-electron chi connectivity index (χ0n) is 16.5. The monoisotopic (exact) mass is 423 g/mol. The molecule has 0 aromatic heterocycles. The van der Waals surface area contributed by atoms with Crippen LogP contribution in [0.4, 0.5) is 5.69 Å². The summed E-state index contributed by atoms with van der Waals surface area (Å²) in [6.45, 7) is 3.45. The van der Waals surface area contributed by atoms with Crippen LogP contribution in [0.15, 0.2) is 71.6 Å². The third kappa shape index (κ3) is 4.82. The summed E-state index contributed by atoms with van der Waals surface area (Å²) in [4.78, 5) is 23.5. The number of carbonyl (C=O) groups is 2. The second kappa shape index (κ2) is 8.61. The predicted molar refractivity (Wildman–Crippen MR) is 115 cm³/mol. The molecule has 1 amide bonds. The highest BCUT2D eigenvalue weighted by Gasteiger charge is 2.18. The Morgan fingerprint density at radius 1 is 0.900 bits per heavy atom. The number of aryl methyl sites for hydroxylation is 1. The van der Waals surface area contributed by atoms with Crippen molar-refractivity contribution in [3.8, 4) is 11.1 Å². The van der Waals surface area contributed by atoms with Gasteiger partial charge in [-0.1, -0.05) is 49.4 Å². The van der Waals surface area contributed by atoms with Crippen molar-refractivity contribution in [3.63, 3.8) is 0 Å². The largest absolute Gasteiger partial charge is 0.322 e. The summed E-state index contributed by atoms with van der Waals surface area (Å²) >= 11 is 0. The number of rotatable bonds is 6. The van der Waals surface area contributed by atoms with E-state index in [0.29, 0.717) is 22.3 Å². The lowest BCUT2D eigenvalue weighted by molar-refractivity contribution is 0.100. The van der Waals surface area contributed by atoms with Crippen LogP contribution in [0, 0.1) is 0 Å². The Kier molecular flexibility index (Phi) is 6.14. The number of ketones is 1. The Morgan fingerprint density at radius 2 is 1.50 bits per heavy atom. The molecule has 154 valence electrons. The molecule has 0 fully saturated rings. The average Bonchev–Trinajstić information content (AvgIpc) is 2.73. The highest BCUT2D eigenvalue weighted by Crippen LogP contribution is 2.30. The molecule has 0 saturated carbocycles. The minimum absolute atomic E-state index is 0.109. The van der Waals surface area contributed by atoms with Gasteiger partial charge in [0.05, 0.1) is 0 Å². The van der Waals surface area contributed by atoms with E-state index in [1.165, 1.54) is 25.1 Å². The van der Waals surface area contributed by atoms with Crippen molar-refractivity contribution in [2.75, 3.05) is 5.32 Å². The quantitative estimate of drug-likeness (QED) is 0.445. The highest BCUT2D eigenvalue weighted by atomic mass is 32.2. The van der Waals surface area contributed by atoms with Gasteiger partial charge in [0, 0.05) is 22.4 Å². The third-order valence-corrected chi connectivity index (χ3v) is 5.64. The molecular weight excluding hydrogens is 402 g/mol. The molecule has 3 aromatic carbocycles. The molecule has 0 radical (unpaired) electrons. The Bertz CT molecular complexity index is 1200. The SMILES string of the molecule is CCc1ccc(-c2ccc(NC(=O)c3ccc(C(C)=O)cc3)cc2S(=O)(=O)O)cc1. The Hall–Kier alpha value is -3.29. The minimum atomic E-state index is -4.52. The molecule has 0 saturated heterocycles. The molecule has 0 unspecified atom stereocenters. The molecule has 6 nitrogen and oxygen atoms in total. The second-order valence-electron chi connectivity index (χ2n) is 6.82. The topological polar surface area (TPSA) is 101 Å². The molecule has 0 aliphatic carbocycles. The third-order valence-electron chi connectivity index (χ3n) is 4.74. The number of carbonyl (C=O) groups excluding carboxylic acids is 2. The number of amides is 1. The van der Waals surface area contributed by atoms with Crippen LogP contribution in [0.2, 0.25) is 0 Å². The first-order chi connectivity index (χ1) is 14.2. The summed E-state index contributed by atoms with van der Waals surface area (Å²) in [5.41, 5.74) is 3.09. The molecule has 0 spiro atoms. The van der Waals surface area contributed by atoms with Gasteiger partial charge in [0.1, 0.15) is 4.90 Å². The minimum Gasteiger partial charge on any atom is -0.322 e. The Morgan fingerprint density at radius 3 is 2.03 bits per heavy atom. The fraction of sp³-hybridized carbons (Fsp3) is 0.130. The summed E-state index contributed by atoms with van der Waals surface area (Å²) in [6, 6.07) is 17.8. The Labute approximate surface area is 175 Å². The smallest absolute Gasteiger partial charge is 0.295 e. The standard InChI is InChI=1S/C23H21NO5S/c1-3-16-4-6-18(7-5-16)21-13-12-20(14-22(21)30(27,28)29)24-23(26)19-10-8-17(9-11-19)15(2)25/h4-14H,3H2,1-2H3,(H,24,26)(H,27,28,29). The van der Waals surface area contributed by atoms with E-state index in [0.717, 1.165) is 12.0 Å². The van der Waals surface area contributed by atoms with Crippen LogP contribution in [-0.4, -0.2) is 24.7 Å². The number of nitrogens with one attached hydrogen (secondary N) is 1. The van der Waals surface area contributed by atoms with Crippen LogP contribution in [0.1, 0.15) is 40.1 Å².